The molecule has 0 aliphatic heterocycles. The Bertz CT molecular complexity index is 841. The second-order valence-corrected chi connectivity index (χ2v) is 5.21. The Morgan fingerprint density at radius 1 is 1.05 bits per heavy atom. The van der Waals surface area contributed by atoms with E-state index in [0.717, 1.165) is 11.0 Å². The van der Waals surface area contributed by atoms with Crippen LogP contribution in [0.5, 0.6) is 5.75 Å². The number of hydrogen-bond donors (Lipinski definition) is 1. The Morgan fingerprint density at radius 3 is 2.41 bits per heavy atom. The average Bonchev–Trinajstić information content (AvgIpc) is 2.74. The molecule has 1 N–H and O–H groups in total. The molecule has 4 nitrogen and oxygen atoms in total. The summed E-state index contributed by atoms with van der Waals surface area (Å²) in [6, 6.07) is 15.4. The lowest BCUT2D eigenvalue weighted by molar-refractivity contribution is -0.00000486. The maximum Gasteiger partial charge on any atom is 0.202 e. The van der Waals surface area contributed by atoms with Crippen LogP contribution < -0.4 is 27.3 Å². The number of nitrogens with zero attached hydrogens (tertiary/aromatic N) is 2. The van der Waals surface area contributed by atoms with Crippen molar-refractivity contribution in [3.05, 3.63) is 59.2 Å². The van der Waals surface area contributed by atoms with Gasteiger partial charge in [-0.3, -0.25) is 5.41 Å². The molecule has 0 aliphatic carbocycles. The van der Waals surface area contributed by atoms with E-state index in [0.29, 0.717) is 29.5 Å². The molecule has 0 bridgehead atoms. The molecule has 1 aromatic heterocycles. The summed E-state index contributed by atoms with van der Waals surface area (Å²) in [4.78, 5) is 0. The number of fused-ring (bicyclic) bond motifs is 1. The van der Waals surface area contributed by atoms with Gasteiger partial charge in [-0.2, -0.15) is 0 Å². The van der Waals surface area contributed by atoms with Gasteiger partial charge in [0, 0.05) is 7.05 Å². The van der Waals surface area contributed by atoms with Crippen LogP contribution in [0.2, 0.25) is 5.02 Å². The van der Waals surface area contributed by atoms with Gasteiger partial charge in [-0.05, 0) is 24.3 Å². The third-order valence-corrected chi connectivity index (χ3v) is 3.83. The van der Waals surface area contributed by atoms with E-state index in [1.807, 2.05) is 58.6 Å². The summed E-state index contributed by atoms with van der Waals surface area (Å²) in [6.45, 7) is 1.07. The Labute approximate surface area is 144 Å². The predicted octanol–water partition coefficient (Wildman–Crippen LogP) is 0.196. The van der Waals surface area contributed by atoms with Crippen molar-refractivity contribution in [2.75, 3.05) is 6.61 Å². The molecule has 0 unspecified atom stereocenters. The molecular formula is C16H16BrClN3O-. The van der Waals surface area contributed by atoms with Gasteiger partial charge >= 0.3 is 0 Å². The lowest BCUT2D eigenvalue weighted by atomic mass is 10.3. The third kappa shape index (κ3) is 3.05. The van der Waals surface area contributed by atoms with Crippen LogP contribution in [-0.4, -0.2) is 15.7 Å². The van der Waals surface area contributed by atoms with E-state index < -0.39 is 0 Å². The Balaban J connectivity index is 0.00000176. The zero-order valence-corrected chi connectivity index (χ0v) is 14.4. The summed E-state index contributed by atoms with van der Waals surface area (Å²) >= 11 is 6.06. The van der Waals surface area contributed by atoms with Gasteiger partial charge < -0.3 is 30.9 Å². The van der Waals surface area contributed by atoms with Crippen molar-refractivity contribution < 1.29 is 21.7 Å². The standard InChI is InChI=1S/C16H16ClN3O.BrH/c1-19-13-7-3-4-8-14(13)20(16(19)18)10-11-21-15-9-5-2-6-12(15)17;/h2-9,18H,10-11H2,1H3;1H/p-1. The van der Waals surface area contributed by atoms with Crippen LogP contribution in [0.15, 0.2) is 48.5 Å². The lowest BCUT2D eigenvalue weighted by Crippen LogP contribution is -3.00. The van der Waals surface area contributed by atoms with Crippen LogP contribution in [-0.2, 0) is 13.6 Å². The number of imidazole rings is 1. The summed E-state index contributed by atoms with van der Waals surface area (Å²) in [7, 11) is 1.90. The van der Waals surface area contributed by atoms with E-state index in [1.54, 1.807) is 6.07 Å². The highest BCUT2D eigenvalue weighted by molar-refractivity contribution is 6.32. The van der Waals surface area contributed by atoms with Gasteiger partial charge in [0.15, 0.2) is 0 Å². The molecular weight excluding hydrogens is 366 g/mol. The molecule has 0 saturated heterocycles. The first-order chi connectivity index (χ1) is 10.2. The highest BCUT2D eigenvalue weighted by atomic mass is 79.9. The van der Waals surface area contributed by atoms with Gasteiger partial charge in [0.2, 0.25) is 5.62 Å². The molecule has 1 heterocycles. The topological polar surface area (TPSA) is 42.9 Å². The highest BCUT2D eigenvalue weighted by Gasteiger charge is 2.07. The van der Waals surface area contributed by atoms with E-state index in [9.17, 15) is 0 Å². The van der Waals surface area contributed by atoms with Crippen molar-refractivity contribution >= 4 is 22.6 Å². The van der Waals surface area contributed by atoms with E-state index >= 15 is 0 Å². The zero-order chi connectivity index (χ0) is 14.8. The van der Waals surface area contributed by atoms with Crippen molar-refractivity contribution in [3.63, 3.8) is 0 Å². The largest absolute Gasteiger partial charge is 1.00 e. The third-order valence-electron chi connectivity index (χ3n) is 3.52. The smallest absolute Gasteiger partial charge is 0.202 e. The number of aryl methyl sites for hydroxylation is 1. The fourth-order valence-electron chi connectivity index (χ4n) is 2.42. The van der Waals surface area contributed by atoms with Crippen molar-refractivity contribution in [1.29, 1.82) is 5.41 Å². The normalized spacial score (nSPS) is 10.5. The summed E-state index contributed by atoms with van der Waals surface area (Å²) in [5.41, 5.74) is 2.53. The molecule has 3 rings (SSSR count). The molecule has 0 aliphatic rings. The summed E-state index contributed by atoms with van der Waals surface area (Å²) in [6.07, 6.45) is 0. The molecule has 0 saturated carbocycles. The molecule has 0 amide bonds. The SMILES string of the molecule is Cn1c(=N)n(CCOc2ccccc2Cl)c2ccccc21.[Br-]. The molecule has 0 fully saturated rings. The van der Waals surface area contributed by atoms with E-state index in [4.69, 9.17) is 21.7 Å². The summed E-state index contributed by atoms with van der Waals surface area (Å²) in [5.74, 6) is 0.673. The molecule has 3 aromatic rings. The second kappa shape index (κ2) is 7.03. The molecule has 0 radical (unpaired) electrons. The summed E-state index contributed by atoms with van der Waals surface area (Å²) < 4.78 is 9.51. The van der Waals surface area contributed by atoms with E-state index in [-0.39, 0.29) is 17.0 Å². The number of hydrogen-bond acceptors (Lipinski definition) is 2. The number of nitrogens with one attached hydrogen (secondary N) is 1. The maximum atomic E-state index is 8.19. The van der Waals surface area contributed by atoms with Gasteiger partial charge in [-0.1, -0.05) is 35.9 Å². The van der Waals surface area contributed by atoms with Crippen LogP contribution >= 0.6 is 11.6 Å². The van der Waals surface area contributed by atoms with Gasteiger partial charge in [-0.15, -0.1) is 0 Å². The molecule has 0 spiro atoms. The van der Waals surface area contributed by atoms with Crippen LogP contribution in [0.4, 0.5) is 0 Å². The van der Waals surface area contributed by atoms with Crippen molar-refractivity contribution in [2.45, 2.75) is 6.54 Å². The summed E-state index contributed by atoms with van der Waals surface area (Å²) in [5, 5.41) is 8.80. The van der Waals surface area contributed by atoms with Crippen molar-refractivity contribution in [3.8, 4) is 5.75 Å². The fourth-order valence-corrected chi connectivity index (χ4v) is 2.61. The quantitative estimate of drug-likeness (QED) is 0.689. The fraction of sp³-hybridized carbons (Fsp3) is 0.188. The minimum absolute atomic E-state index is 0. The van der Waals surface area contributed by atoms with Crippen LogP contribution in [0.1, 0.15) is 0 Å². The zero-order valence-electron chi connectivity index (χ0n) is 12.1. The van der Waals surface area contributed by atoms with Gasteiger partial charge in [0.25, 0.3) is 0 Å². The monoisotopic (exact) mass is 380 g/mol. The van der Waals surface area contributed by atoms with Crippen LogP contribution in [0, 0.1) is 5.41 Å². The second-order valence-electron chi connectivity index (χ2n) is 4.80. The minimum Gasteiger partial charge on any atom is -1.00 e. The number of ether oxygens (including phenoxy) is 1. The van der Waals surface area contributed by atoms with Gasteiger partial charge in [-0.25, -0.2) is 0 Å². The Kier molecular flexibility index (Phi) is 5.32. The highest BCUT2D eigenvalue weighted by Crippen LogP contribution is 2.23. The Hall–Kier alpha value is -1.72. The number of halogens is 2. The maximum absolute atomic E-state index is 8.19. The first-order valence-electron chi connectivity index (χ1n) is 6.74. The van der Waals surface area contributed by atoms with E-state index in [2.05, 4.69) is 0 Å². The Morgan fingerprint density at radius 2 is 1.68 bits per heavy atom. The minimum atomic E-state index is 0. The number of para-hydroxylation sites is 3. The number of aromatic nitrogens is 2. The van der Waals surface area contributed by atoms with Crippen LogP contribution in [0.3, 0.4) is 0 Å². The van der Waals surface area contributed by atoms with E-state index in [1.165, 1.54) is 0 Å². The van der Waals surface area contributed by atoms with Crippen LogP contribution in [0.25, 0.3) is 11.0 Å². The number of benzene rings is 2. The first kappa shape index (κ1) is 16.6. The lowest BCUT2D eigenvalue weighted by Gasteiger charge is -2.09. The van der Waals surface area contributed by atoms with Gasteiger partial charge in [0.1, 0.15) is 12.4 Å². The van der Waals surface area contributed by atoms with Crippen molar-refractivity contribution in [2.24, 2.45) is 7.05 Å². The molecule has 2 aromatic carbocycles. The molecule has 6 heteroatoms. The number of rotatable bonds is 4. The van der Waals surface area contributed by atoms with Crippen molar-refractivity contribution in [1.82, 2.24) is 9.13 Å². The molecule has 0 atom stereocenters. The molecule has 22 heavy (non-hydrogen) atoms. The van der Waals surface area contributed by atoms with Gasteiger partial charge in [0.05, 0.1) is 22.6 Å². The average molecular weight is 382 g/mol. The first-order valence-corrected chi connectivity index (χ1v) is 7.12. The molecule has 116 valence electrons. The predicted molar refractivity (Wildman–Crippen MR) is 83.7 cm³/mol.